The molecule has 3 heteroatoms. The molecular formula is C14H30N2O. The molecule has 102 valence electrons. The number of rotatable bonds is 11. The Morgan fingerprint density at radius 1 is 1.00 bits per heavy atom. The Labute approximate surface area is 107 Å². The van der Waals surface area contributed by atoms with E-state index in [1.54, 1.807) is 0 Å². The minimum Gasteiger partial charge on any atom is -0.356 e. The molecule has 0 aliphatic heterocycles. The Kier molecular flexibility index (Phi) is 11.5. The van der Waals surface area contributed by atoms with Crippen LogP contribution in [0.25, 0.3) is 0 Å². The first kappa shape index (κ1) is 16.4. The molecule has 0 bridgehead atoms. The summed E-state index contributed by atoms with van der Waals surface area (Å²) in [6, 6.07) is 0. The Morgan fingerprint density at radius 3 is 2.35 bits per heavy atom. The van der Waals surface area contributed by atoms with Crippen LogP contribution < -0.4 is 5.32 Å². The van der Waals surface area contributed by atoms with Crippen LogP contribution in [0.15, 0.2) is 0 Å². The van der Waals surface area contributed by atoms with E-state index in [4.69, 9.17) is 0 Å². The standard InChI is InChI=1S/C14H30N2O/c1-4-5-6-7-8-11-14(17)15-12-9-10-13-16(2)3/h4-13H2,1-3H3,(H,15,17). The maximum Gasteiger partial charge on any atom is 0.219 e. The second-order valence-corrected chi connectivity index (χ2v) is 5.02. The van der Waals surface area contributed by atoms with E-state index >= 15 is 0 Å². The minimum atomic E-state index is 0.228. The summed E-state index contributed by atoms with van der Waals surface area (Å²) in [5.74, 6) is 0.228. The number of carbonyl (C=O) groups excluding carboxylic acids is 1. The zero-order chi connectivity index (χ0) is 12.9. The van der Waals surface area contributed by atoms with Crippen molar-refractivity contribution in [2.24, 2.45) is 0 Å². The molecule has 0 spiro atoms. The van der Waals surface area contributed by atoms with Gasteiger partial charge in [-0.25, -0.2) is 0 Å². The van der Waals surface area contributed by atoms with Crippen molar-refractivity contribution >= 4 is 5.91 Å². The van der Waals surface area contributed by atoms with E-state index in [0.29, 0.717) is 6.42 Å². The molecule has 1 N–H and O–H groups in total. The van der Waals surface area contributed by atoms with Crippen molar-refractivity contribution in [3.05, 3.63) is 0 Å². The number of carbonyl (C=O) groups is 1. The van der Waals surface area contributed by atoms with Gasteiger partial charge in [0.15, 0.2) is 0 Å². The average Bonchev–Trinajstić information content (AvgIpc) is 2.28. The predicted molar refractivity (Wildman–Crippen MR) is 74.2 cm³/mol. The number of amides is 1. The smallest absolute Gasteiger partial charge is 0.219 e. The lowest BCUT2D eigenvalue weighted by molar-refractivity contribution is -0.121. The van der Waals surface area contributed by atoms with Crippen molar-refractivity contribution in [3.8, 4) is 0 Å². The molecular weight excluding hydrogens is 212 g/mol. The third-order valence-electron chi connectivity index (χ3n) is 2.86. The third kappa shape index (κ3) is 13.4. The number of nitrogens with zero attached hydrogens (tertiary/aromatic N) is 1. The van der Waals surface area contributed by atoms with Crippen LogP contribution in [0, 0.1) is 0 Å². The van der Waals surface area contributed by atoms with Gasteiger partial charge in [0.2, 0.25) is 5.91 Å². The van der Waals surface area contributed by atoms with Gasteiger partial charge in [0, 0.05) is 13.0 Å². The van der Waals surface area contributed by atoms with E-state index in [0.717, 1.165) is 32.4 Å². The van der Waals surface area contributed by atoms with Crippen LogP contribution in [0.3, 0.4) is 0 Å². The summed E-state index contributed by atoms with van der Waals surface area (Å²) < 4.78 is 0. The monoisotopic (exact) mass is 242 g/mol. The lowest BCUT2D eigenvalue weighted by atomic mass is 10.1. The summed E-state index contributed by atoms with van der Waals surface area (Å²) in [5, 5.41) is 2.99. The SMILES string of the molecule is CCCCCCCC(=O)NCCCCN(C)C. The molecule has 0 atom stereocenters. The molecule has 1 amide bonds. The molecule has 0 aliphatic carbocycles. The highest BCUT2D eigenvalue weighted by atomic mass is 16.1. The van der Waals surface area contributed by atoms with Crippen molar-refractivity contribution in [3.63, 3.8) is 0 Å². The summed E-state index contributed by atoms with van der Waals surface area (Å²) in [6.07, 6.45) is 9.02. The van der Waals surface area contributed by atoms with Gasteiger partial charge in [-0.1, -0.05) is 32.6 Å². The van der Waals surface area contributed by atoms with E-state index in [1.807, 2.05) is 0 Å². The maximum absolute atomic E-state index is 11.5. The number of unbranched alkanes of at least 4 members (excludes halogenated alkanes) is 5. The third-order valence-corrected chi connectivity index (χ3v) is 2.86. The fraction of sp³-hybridized carbons (Fsp3) is 0.929. The van der Waals surface area contributed by atoms with Crippen molar-refractivity contribution in [2.75, 3.05) is 27.2 Å². The van der Waals surface area contributed by atoms with Crippen LogP contribution in [-0.4, -0.2) is 38.0 Å². The summed E-state index contributed by atoms with van der Waals surface area (Å²) in [7, 11) is 4.16. The van der Waals surface area contributed by atoms with Gasteiger partial charge in [0.25, 0.3) is 0 Å². The van der Waals surface area contributed by atoms with Gasteiger partial charge in [0.1, 0.15) is 0 Å². The molecule has 0 aromatic rings. The zero-order valence-corrected chi connectivity index (χ0v) is 11.9. The molecule has 0 unspecified atom stereocenters. The first-order chi connectivity index (χ1) is 8.16. The number of hydrogen-bond donors (Lipinski definition) is 1. The predicted octanol–water partition coefficient (Wildman–Crippen LogP) is 2.80. The van der Waals surface area contributed by atoms with Crippen LogP contribution in [0.4, 0.5) is 0 Å². The van der Waals surface area contributed by atoms with Crippen LogP contribution in [-0.2, 0) is 4.79 Å². The molecule has 0 saturated heterocycles. The quantitative estimate of drug-likeness (QED) is 0.565. The highest BCUT2D eigenvalue weighted by molar-refractivity contribution is 5.75. The van der Waals surface area contributed by atoms with Crippen LogP contribution in [0.5, 0.6) is 0 Å². The van der Waals surface area contributed by atoms with Gasteiger partial charge in [-0.05, 0) is 39.9 Å². The van der Waals surface area contributed by atoms with E-state index in [1.165, 1.54) is 25.7 Å². The van der Waals surface area contributed by atoms with Crippen LogP contribution >= 0.6 is 0 Å². The normalized spacial score (nSPS) is 10.8. The first-order valence-corrected chi connectivity index (χ1v) is 7.08. The Morgan fingerprint density at radius 2 is 1.71 bits per heavy atom. The number of hydrogen-bond acceptors (Lipinski definition) is 2. The lowest BCUT2D eigenvalue weighted by Gasteiger charge is -2.09. The second-order valence-electron chi connectivity index (χ2n) is 5.02. The number of nitrogens with one attached hydrogen (secondary N) is 1. The minimum absolute atomic E-state index is 0.228. The highest BCUT2D eigenvalue weighted by Crippen LogP contribution is 2.04. The molecule has 0 saturated carbocycles. The van der Waals surface area contributed by atoms with Crippen molar-refractivity contribution in [1.82, 2.24) is 10.2 Å². The first-order valence-electron chi connectivity index (χ1n) is 7.08. The fourth-order valence-electron chi connectivity index (χ4n) is 1.76. The molecule has 0 aliphatic rings. The van der Waals surface area contributed by atoms with E-state index in [-0.39, 0.29) is 5.91 Å². The fourth-order valence-corrected chi connectivity index (χ4v) is 1.76. The van der Waals surface area contributed by atoms with Gasteiger partial charge in [-0.2, -0.15) is 0 Å². The topological polar surface area (TPSA) is 32.3 Å². The van der Waals surface area contributed by atoms with Crippen molar-refractivity contribution in [1.29, 1.82) is 0 Å². The Balaban J connectivity index is 3.18. The van der Waals surface area contributed by atoms with E-state index in [9.17, 15) is 4.79 Å². The molecule has 0 rings (SSSR count). The van der Waals surface area contributed by atoms with Crippen molar-refractivity contribution in [2.45, 2.75) is 58.3 Å². The summed E-state index contributed by atoms with van der Waals surface area (Å²) >= 11 is 0. The van der Waals surface area contributed by atoms with Gasteiger partial charge < -0.3 is 10.2 Å². The Bertz CT molecular complexity index is 181. The highest BCUT2D eigenvalue weighted by Gasteiger charge is 2.00. The molecule has 0 fully saturated rings. The van der Waals surface area contributed by atoms with Crippen molar-refractivity contribution < 1.29 is 4.79 Å². The molecule has 0 radical (unpaired) electrons. The molecule has 0 aromatic heterocycles. The summed E-state index contributed by atoms with van der Waals surface area (Å²) in [5.41, 5.74) is 0. The van der Waals surface area contributed by atoms with Gasteiger partial charge in [0.05, 0.1) is 0 Å². The van der Waals surface area contributed by atoms with Gasteiger partial charge in [-0.3, -0.25) is 4.79 Å². The Hall–Kier alpha value is -0.570. The van der Waals surface area contributed by atoms with Gasteiger partial charge in [-0.15, -0.1) is 0 Å². The second kappa shape index (κ2) is 11.9. The van der Waals surface area contributed by atoms with Crippen LogP contribution in [0.1, 0.15) is 58.3 Å². The van der Waals surface area contributed by atoms with Crippen LogP contribution in [0.2, 0.25) is 0 Å². The van der Waals surface area contributed by atoms with E-state index in [2.05, 4.69) is 31.2 Å². The molecule has 3 nitrogen and oxygen atoms in total. The molecule has 0 heterocycles. The molecule has 17 heavy (non-hydrogen) atoms. The maximum atomic E-state index is 11.5. The molecule has 0 aromatic carbocycles. The zero-order valence-electron chi connectivity index (χ0n) is 11.9. The van der Waals surface area contributed by atoms with Gasteiger partial charge >= 0.3 is 0 Å². The summed E-state index contributed by atoms with van der Waals surface area (Å²) in [4.78, 5) is 13.6. The van der Waals surface area contributed by atoms with E-state index < -0.39 is 0 Å². The summed E-state index contributed by atoms with van der Waals surface area (Å²) in [6.45, 7) is 4.15. The average molecular weight is 242 g/mol. The lowest BCUT2D eigenvalue weighted by Crippen LogP contribution is -2.24. The largest absolute Gasteiger partial charge is 0.356 e.